The molecule has 4 heteroatoms. The molecule has 0 aliphatic heterocycles. The lowest BCUT2D eigenvalue weighted by molar-refractivity contribution is -0.136. The van der Waals surface area contributed by atoms with Gasteiger partial charge in [0, 0.05) is 10.0 Å². The summed E-state index contributed by atoms with van der Waals surface area (Å²) in [4.78, 5) is 10.4. The van der Waals surface area contributed by atoms with Gasteiger partial charge in [-0.05, 0) is 30.2 Å². The zero-order valence-corrected chi connectivity index (χ0v) is 8.49. The maximum Gasteiger partial charge on any atom is 0.307 e. The van der Waals surface area contributed by atoms with Crippen LogP contribution in [0.1, 0.15) is 11.1 Å². The topological polar surface area (TPSA) is 37.3 Å². The van der Waals surface area contributed by atoms with Crippen LogP contribution in [0.25, 0.3) is 0 Å². The largest absolute Gasteiger partial charge is 0.481 e. The molecule has 0 spiro atoms. The number of carboxylic acids is 1. The van der Waals surface area contributed by atoms with Crippen LogP contribution in [-0.2, 0) is 11.2 Å². The van der Waals surface area contributed by atoms with Crippen molar-refractivity contribution in [3.63, 3.8) is 0 Å². The molecule has 1 aromatic carbocycles. The number of hydrogen-bond acceptors (Lipinski definition) is 1. The molecule has 70 valence electrons. The summed E-state index contributed by atoms with van der Waals surface area (Å²) in [5, 5.41) is 9.54. The normalized spacial score (nSPS) is 10.1. The Morgan fingerprint density at radius 1 is 1.38 bits per heavy atom. The van der Waals surface area contributed by atoms with Gasteiger partial charge in [0.15, 0.2) is 0 Å². The maximum absolute atomic E-state index is 10.4. The standard InChI is InChI=1S/C9H8Cl2O2/c1-5-2-8(11)6(3-7(5)10)4-9(12)13/h2-3H,4H2,1H3,(H,12,13). The third-order valence-corrected chi connectivity index (χ3v) is 2.43. The van der Waals surface area contributed by atoms with Gasteiger partial charge in [0.2, 0.25) is 0 Å². The van der Waals surface area contributed by atoms with Gasteiger partial charge in [-0.1, -0.05) is 23.2 Å². The summed E-state index contributed by atoms with van der Waals surface area (Å²) in [5.74, 6) is -0.915. The van der Waals surface area contributed by atoms with Crippen molar-refractivity contribution in [3.8, 4) is 0 Å². The number of carboxylic acid groups (broad SMARTS) is 1. The summed E-state index contributed by atoms with van der Waals surface area (Å²) in [6, 6.07) is 3.26. The molecule has 1 N–H and O–H groups in total. The number of rotatable bonds is 2. The van der Waals surface area contributed by atoms with Gasteiger partial charge < -0.3 is 5.11 Å². The second-order valence-corrected chi connectivity index (χ2v) is 3.58. The summed E-state index contributed by atoms with van der Waals surface area (Å²) in [6.45, 7) is 1.82. The number of benzene rings is 1. The molecule has 0 aliphatic rings. The zero-order valence-electron chi connectivity index (χ0n) is 6.97. The highest BCUT2D eigenvalue weighted by Gasteiger charge is 2.07. The van der Waals surface area contributed by atoms with Crippen molar-refractivity contribution >= 4 is 29.2 Å². The fourth-order valence-corrected chi connectivity index (χ4v) is 1.46. The van der Waals surface area contributed by atoms with Crippen LogP contribution in [0.3, 0.4) is 0 Å². The van der Waals surface area contributed by atoms with Crippen LogP contribution < -0.4 is 0 Å². The van der Waals surface area contributed by atoms with Crippen LogP contribution >= 0.6 is 23.2 Å². The molecule has 0 unspecified atom stereocenters. The lowest BCUT2D eigenvalue weighted by Crippen LogP contribution is -2.00. The van der Waals surface area contributed by atoms with Crippen molar-refractivity contribution in [2.75, 3.05) is 0 Å². The van der Waals surface area contributed by atoms with Crippen molar-refractivity contribution in [2.45, 2.75) is 13.3 Å². The highest BCUT2D eigenvalue weighted by molar-refractivity contribution is 6.34. The number of carbonyl (C=O) groups is 1. The van der Waals surface area contributed by atoms with E-state index >= 15 is 0 Å². The summed E-state index contributed by atoms with van der Waals surface area (Å²) in [7, 11) is 0. The molecular weight excluding hydrogens is 211 g/mol. The first-order chi connectivity index (χ1) is 6.00. The summed E-state index contributed by atoms with van der Waals surface area (Å²) in [6.07, 6.45) is -0.0984. The van der Waals surface area contributed by atoms with E-state index in [1.54, 1.807) is 12.1 Å². The van der Waals surface area contributed by atoms with Gasteiger partial charge in [0.1, 0.15) is 0 Å². The van der Waals surface area contributed by atoms with Crippen molar-refractivity contribution in [3.05, 3.63) is 33.3 Å². The predicted molar refractivity (Wildman–Crippen MR) is 52.5 cm³/mol. The monoisotopic (exact) mass is 218 g/mol. The second-order valence-electron chi connectivity index (χ2n) is 2.76. The number of aliphatic carboxylic acids is 1. The van der Waals surface area contributed by atoms with E-state index in [9.17, 15) is 4.79 Å². The van der Waals surface area contributed by atoms with Crippen LogP contribution in [0.5, 0.6) is 0 Å². The lowest BCUT2D eigenvalue weighted by atomic mass is 10.1. The van der Waals surface area contributed by atoms with Gasteiger partial charge in [-0.3, -0.25) is 4.79 Å². The van der Waals surface area contributed by atoms with E-state index in [4.69, 9.17) is 28.3 Å². The zero-order chi connectivity index (χ0) is 10.0. The highest BCUT2D eigenvalue weighted by atomic mass is 35.5. The Kier molecular flexibility index (Phi) is 3.17. The molecule has 13 heavy (non-hydrogen) atoms. The molecule has 0 fully saturated rings. The molecule has 0 atom stereocenters. The van der Waals surface area contributed by atoms with E-state index in [0.29, 0.717) is 15.6 Å². The predicted octanol–water partition coefficient (Wildman–Crippen LogP) is 2.93. The van der Waals surface area contributed by atoms with E-state index < -0.39 is 5.97 Å². The number of aryl methyl sites for hydroxylation is 1. The molecule has 0 bridgehead atoms. The van der Waals surface area contributed by atoms with Crippen molar-refractivity contribution < 1.29 is 9.90 Å². The molecule has 1 aromatic rings. The Hall–Kier alpha value is -0.730. The number of hydrogen-bond donors (Lipinski definition) is 1. The van der Waals surface area contributed by atoms with Crippen LogP contribution in [0.4, 0.5) is 0 Å². The Labute approximate surface area is 86.1 Å². The van der Waals surface area contributed by atoms with Gasteiger partial charge in [-0.2, -0.15) is 0 Å². The van der Waals surface area contributed by atoms with Crippen molar-refractivity contribution in [1.82, 2.24) is 0 Å². The SMILES string of the molecule is Cc1cc(Cl)c(CC(=O)O)cc1Cl. The third kappa shape index (κ3) is 2.61. The Bertz CT molecular complexity index is 348. The molecule has 0 heterocycles. The molecule has 0 amide bonds. The van der Waals surface area contributed by atoms with E-state index in [-0.39, 0.29) is 6.42 Å². The molecular formula is C9H8Cl2O2. The minimum absolute atomic E-state index is 0.0984. The quantitative estimate of drug-likeness (QED) is 0.830. The fourth-order valence-electron chi connectivity index (χ4n) is 0.986. The second kappa shape index (κ2) is 3.99. The highest BCUT2D eigenvalue weighted by Crippen LogP contribution is 2.24. The summed E-state index contributed by atoms with van der Waals surface area (Å²) >= 11 is 11.6. The maximum atomic E-state index is 10.4. The van der Waals surface area contributed by atoms with Crippen LogP contribution in [0.2, 0.25) is 10.0 Å². The first-order valence-corrected chi connectivity index (χ1v) is 4.42. The third-order valence-electron chi connectivity index (χ3n) is 1.67. The molecule has 1 rings (SSSR count). The van der Waals surface area contributed by atoms with E-state index in [0.717, 1.165) is 5.56 Å². The molecule has 2 nitrogen and oxygen atoms in total. The van der Waals surface area contributed by atoms with Gasteiger partial charge in [0.05, 0.1) is 6.42 Å². The Morgan fingerprint density at radius 3 is 2.54 bits per heavy atom. The Balaban J connectivity index is 3.08. The van der Waals surface area contributed by atoms with E-state index in [1.807, 2.05) is 6.92 Å². The first kappa shape index (κ1) is 10.4. The van der Waals surface area contributed by atoms with Gasteiger partial charge >= 0.3 is 5.97 Å². The van der Waals surface area contributed by atoms with Gasteiger partial charge in [0.25, 0.3) is 0 Å². The summed E-state index contributed by atoms with van der Waals surface area (Å²) < 4.78 is 0. The smallest absolute Gasteiger partial charge is 0.307 e. The minimum Gasteiger partial charge on any atom is -0.481 e. The van der Waals surface area contributed by atoms with E-state index in [2.05, 4.69) is 0 Å². The first-order valence-electron chi connectivity index (χ1n) is 3.67. The molecule has 0 radical (unpaired) electrons. The van der Waals surface area contributed by atoms with Crippen molar-refractivity contribution in [2.24, 2.45) is 0 Å². The lowest BCUT2D eigenvalue weighted by Gasteiger charge is -2.04. The molecule has 0 saturated carbocycles. The fraction of sp³-hybridized carbons (Fsp3) is 0.222. The van der Waals surface area contributed by atoms with Gasteiger partial charge in [-0.25, -0.2) is 0 Å². The Morgan fingerprint density at radius 2 is 2.00 bits per heavy atom. The number of halogens is 2. The van der Waals surface area contributed by atoms with Crippen LogP contribution in [0.15, 0.2) is 12.1 Å². The average molecular weight is 219 g/mol. The van der Waals surface area contributed by atoms with Crippen LogP contribution in [0, 0.1) is 6.92 Å². The molecule has 0 saturated heterocycles. The minimum atomic E-state index is -0.915. The van der Waals surface area contributed by atoms with Gasteiger partial charge in [-0.15, -0.1) is 0 Å². The van der Waals surface area contributed by atoms with Crippen LogP contribution in [-0.4, -0.2) is 11.1 Å². The van der Waals surface area contributed by atoms with Crippen molar-refractivity contribution in [1.29, 1.82) is 0 Å². The molecule has 0 aromatic heterocycles. The summed E-state index contributed by atoms with van der Waals surface area (Å²) in [5.41, 5.74) is 1.39. The average Bonchev–Trinajstić information content (AvgIpc) is 1.99. The molecule has 0 aliphatic carbocycles. The van der Waals surface area contributed by atoms with E-state index in [1.165, 1.54) is 0 Å².